The van der Waals surface area contributed by atoms with E-state index < -0.39 is 0 Å². The van der Waals surface area contributed by atoms with Crippen LogP contribution in [-0.2, 0) is 5.41 Å². The van der Waals surface area contributed by atoms with E-state index in [1.54, 1.807) is 0 Å². The summed E-state index contributed by atoms with van der Waals surface area (Å²) in [7, 11) is 0. The minimum atomic E-state index is 0.186. The molecule has 3 N–H and O–H groups in total. The van der Waals surface area contributed by atoms with E-state index >= 15 is 0 Å². The zero-order chi connectivity index (χ0) is 14.9. The van der Waals surface area contributed by atoms with Crippen LogP contribution in [-0.4, -0.2) is 15.2 Å². The van der Waals surface area contributed by atoms with Gasteiger partial charge < -0.3 is 5.73 Å². The number of aromatic nitrogens is 3. The summed E-state index contributed by atoms with van der Waals surface area (Å²) in [6.07, 6.45) is 7.99. The number of nitrogen functional groups attached to an aromatic ring is 1. The van der Waals surface area contributed by atoms with E-state index in [2.05, 4.69) is 29.0 Å². The number of rotatable bonds is 4. The van der Waals surface area contributed by atoms with Crippen LogP contribution in [0.15, 0.2) is 24.4 Å². The van der Waals surface area contributed by atoms with Crippen LogP contribution in [0.5, 0.6) is 0 Å². The molecule has 0 radical (unpaired) electrons. The first-order chi connectivity index (χ1) is 10.1. The highest BCUT2D eigenvalue weighted by Crippen LogP contribution is 2.48. The van der Waals surface area contributed by atoms with Crippen molar-refractivity contribution in [2.45, 2.75) is 51.4 Å². The van der Waals surface area contributed by atoms with Crippen LogP contribution >= 0.6 is 0 Å². The smallest absolute Gasteiger partial charge is 0.154 e. The van der Waals surface area contributed by atoms with Crippen LogP contribution in [0.4, 0.5) is 5.82 Å². The lowest BCUT2D eigenvalue weighted by atomic mass is 9.74. The largest absolute Gasteiger partial charge is 0.382 e. The van der Waals surface area contributed by atoms with Gasteiger partial charge >= 0.3 is 0 Å². The number of nitrogens with one attached hydrogen (secondary N) is 1. The van der Waals surface area contributed by atoms with Gasteiger partial charge in [0.05, 0.1) is 17.0 Å². The minimum Gasteiger partial charge on any atom is -0.382 e. The Morgan fingerprint density at radius 2 is 2.05 bits per heavy atom. The van der Waals surface area contributed by atoms with E-state index in [-0.39, 0.29) is 5.41 Å². The molecule has 0 unspecified atom stereocenters. The Bertz CT molecular complexity index is 595. The van der Waals surface area contributed by atoms with Crippen molar-refractivity contribution in [3.05, 3.63) is 30.1 Å². The summed E-state index contributed by atoms with van der Waals surface area (Å²) in [6.45, 7) is 4.58. The molecule has 4 nitrogen and oxygen atoms in total. The average molecular weight is 284 g/mol. The van der Waals surface area contributed by atoms with Crippen LogP contribution < -0.4 is 5.73 Å². The molecule has 4 heteroatoms. The van der Waals surface area contributed by atoms with Crippen molar-refractivity contribution in [2.75, 3.05) is 5.73 Å². The molecule has 1 fully saturated rings. The van der Waals surface area contributed by atoms with E-state index in [0.29, 0.717) is 11.7 Å². The van der Waals surface area contributed by atoms with Gasteiger partial charge in [0.15, 0.2) is 5.82 Å². The molecule has 0 spiro atoms. The van der Waals surface area contributed by atoms with Crippen LogP contribution in [0.2, 0.25) is 0 Å². The second-order valence-corrected chi connectivity index (χ2v) is 6.66. The van der Waals surface area contributed by atoms with Gasteiger partial charge in [0.1, 0.15) is 0 Å². The highest BCUT2D eigenvalue weighted by molar-refractivity contribution is 5.74. The Morgan fingerprint density at radius 1 is 1.29 bits per heavy atom. The number of hydrogen-bond acceptors (Lipinski definition) is 3. The quantitative estimate of drug-likeness (QED) is 0.894. The van der Waals surface area contributed by atoms with Crippen LogP contribution in [0.3, 0.4) is 0 Å². The van der Waals surface area contributed by atoms with Crippen molar-refractivity contribution in [1.82, 2.24) is 15.2 Å². The SMILES string of the molecule is CC(C)CC1(c2[nH]nc(N)c2-c2ccccn2)CCCC1. The molecule has 0 aliphatic heterocycles. The Morgan fingerprint density at radius 3 is 2.67 bits per heavy atom. The van der Waals surface area contributed by atoms with Gasteiger partial charge in [-0.25, -0.2) is 0 Å². The Kier molecular flexibility index (Phi) is 3.70. The summed E-state index contributed by atoms with van der Waals surface area (Å²) < 4.78 is 0. The third kappa shape index (κ3) is 2.55. The maximum absolute atomic E-state index is 6.15. The fourth-order valence-corrected chi connectivity index (χ4v) is 3.90. The van der Waals surface area contributed by atoms with Crippen molar-refractivity contribution in [1.29, 1.82) is 0 Å². The zero-order valence-corrected chi connectivity index (χ0v) is 12.9. The highest BCUT2D eigenvalue weighted by atomic mass is 15.2. The van der Waals surface area contributed by atoms with Crippen molar-refractivity contribution in [3.8, 4) is 11.3 Å². The molecule has 1 aliphatic carbocycles. The molecular weight excluding hydrogens is 260 g/mol. The number of aromatic amines is 1. The fraction of sp³-hybridized carbons (Fsp3) is 0.529. The fourth-order valence-electron chi connectivity index (χ4n) is 3.90. The van der Waals surface area contributed by atoms with Gasteiger partial charge in [0.2, 0.25) is 0 Å². The summed E-state index contributed by atoms with van der Waals surface area (Å²) in [6, 6.07) is 5.95. The number of nitrogens with zero attached hydrogens (tertiary/aromatic N) is 2. The maximum atomic E-state index is 6.15. The molecule has 1 saturated carbocycles. The minimum absolute atomic E-state index is 0.186. The molecule has 0 bridgehead atoms. The van der Waals surface area contributed by atoms with Crippen LogP contribution in [0.25, 0.3) is 11.3 Å². The Labute approximate surface area is 126 Å². The molecule has 3 rings (SSSR count). The molecule has 0 amide bonds. The number of H-pyrrole nitrogens is 1. The van der Waals surface area contributed by atoms with Crippen LogP contribution in [0, 0.1) is 5.92 Å². The monoisotopic (exact) mass is 284 g/mol. The number of hydrogen-bond donors (Lipinski definition) is 2. The number of nitrogens with two attached hydrogens (primary N) is 1. The highest BCUT2D eigenvalue weighted by Gasteiger charge is 2.40. The molecule has 2 aromatic rings. The Balaban J connectivity index is 2.10. The predicted octanol–water partition coefficient (Wildman–Crippen LogP) is 3.91. The molecular formula is C17H24N4. The molecule has 0 atom stereocenters. The van der Waals surface area contributed by atoms with Crippen LogP contribution in [0.1, 0.15) is 51.6 Å². The lowest BCUT2D eigenvalue weighted by molar-refractivity contribution is 0.338. The first-order valence-electron chi connectivity index (χ1n) is 7.88. The van der Waals surface area contributed by atoms with Gasteiger partial charge in [-0.05, 0) is 37.3 Å². The van der Waals surface area contributed by atoms with Gasteiger partial charge in [-0.15, -0.1) is 0 Å². The van der Waals surface area contributed by atoms with Crippen molar-refractivity contribution in [3.63, 3.8) is 0 Å². The van der Waals surface area contributed by atoms with Gasteiger partial charge in [0, 0.05) is 11.6 Å². The molecule has 1 aliphatic rings. The summed E-state index contributed by atoms with van der Waals surface area (Å²) >= 11 is 0. The molecule has 112 valence electrons. The third-order valence-corrected chi connectivity index (χ3v) is 4.61. The maximum Gasteiger partial charge on any atom is 0.154 e. The molecule has 2 aromatic heterocycles. The van der Waals surface area contributed by atoms with E-state index in [9.17, 15) is 0 Å². The normalized spacial score (nSPS) is 17.5. The molecule has 0 aromatic carbocycles. The van der Waals surface area contributed by atoms with E-state index in [1.165, 1.54) is 37.8 Å². The van der Waals surface area contributed by atoms with Gasteiger partial charge in [-0.1, -0.05) is 32.8 Å². The molecule has 21 heavy (non-hydrogen) atoms. The third-order valence-electron chi connectivity index (χ3n) is 4.61. The van der Waals surface area contributed by atoms with E-state index in [1.807, 2.05) is 24.4 Å². The van der Waals surface area contributed by atoms with Gasteiger partial charge in [-0.3, -0.25) is 10.1 Å². The van der Waals surface area contributed by atoms with Crippen molar-refractivity contribution < 1.29 is 0 Å². The average Bonchev–Trinajstić information content (AvgIpc) is 3.07. The van der Waals surface area contributed by atoms with Crippen molar-refractivity contribution >= 4 is 5.82 Å². The Hall–Kier alpha value is -1.84. The summed E-state index contributed by atoms with van der Waals surface area (Å²) in [5, 5.41) is 7.55. The first kappa shape index (κ1) is 14.1. The zero-order valence-electron chi connectivity index (χ0n) is 12.9. The van der Waals surface area contributed by atoms with Crippen molar-refractivity contribution in [2.24, 2.45) is 5.92 Å². The topological polar surface area (TPSA) is 67.6 Å². The summed E-state index contributed by atoms with van der Waals surface area (Å²) in [5.74, 6) is 1.22. The first-order valence-corrected chi connectivity index (χ1v) is 7.88. The second-order valence-electron chi connectivity index (χ2n) is 6.66. The lowest BCUT2D eigenvalue weighted by Crippen LogP contribution is -2.25. The van der Waals surface area contributed by atoms with E-state index in [4.69, 9.17) is 5.73 Å². The predicted molar refractivity (Wildman–Crippen MR) is 85.8 cm³/mol. The summed E-state index contributed by atoms with van der Waals surface area (Å²) in [4.78, 5) is 4.48. The van der Waals surface area contributed by atoms with Gasteiger partial charge in [0.25, 0.3) is 0 Å². The number of pyridine rings is 1. The molecule has 0 saturated heterocycles. The summed E-state index contributed by atoms with van der Waals surface area (Å²) in [5.41, 5.74) is 9.47. The lowest BCUT2D eigenvalue weighted by Gasteiger charge is -2.30. The standard InChI is InChI=1S/C17H24N4/c1-12(2)11-17(8-4-5-9-17)15-14(16(18)21-20-15)13-7-3-6-10-19-13/h3,6-7,10,12H,4-5,8-9,11H2,1-2H3,(H3,18,20,21). The molecule has 2 heterocycles. The van der Waals surface area contributed by atoms with Gasteiger partial charge in [-0.2, -0.15) is 5.10 Å². The second kappa shape index (κ2) is 5.51. The van der Waals surface area contributed by atoms with E-state index in [0.717, 1.165) is 11.3 Å². The number of anilines is 1.